The van der Waals surface area contributed by atoms with Gasteiger partial charge in [0.1, 0.15) is 0 Å². The molecule has 0 aliphatic carbocycles. The van der Waals surface area contributed by atoms with Crippen molar-refractivity contribution in [3.05, 3.63) is 0 Å². The molecule has 0 amide bonds. The van der Waals surface area contributed by atoms with E-state index in [9.17, 15) is 13.2 Å². The molecular formula is C14H27F3N2. The average Bonchev–Trinajstić information content (AvgIpc) is 2.28. The van der Waals surface area contributed by atoms with Crippen LogP contribution in [0.2, 0.25) is 0 Å². The molecule has 0 spiro atoms. The van der Waals surface area contributed by atoms with Crippen molar-refractivity contribution in [3.8, 4) is 0 Å². The summed E-state index contributed by atoms with van der Waals surface area (Å²) in [5.74, 6) is 0. The van der Waals surface area contributed by atoms with Crippen molar-refractivity contribution < 1.29 is 13.2 Å². The van der Waals surface area contributed by atoms with Crippen molar-refractivity contribution in [1.82, 2.24) is 10.2 Å². The van der Waals surface area contributed by atoms with E-state index >= 15 is 0 Å². The number of piperidine rings is 1. The van der Waals surface area contributed by atoms with Gasteiger partial charge in [0.2, 0.25) is 0 Å². The fourth-order valence-corrected chi connectivity index (χ4v) is 2.76. The van der Waals surface area contributed by atoms with Crippen LogP contribution in [0.5, 0.6) is 0 Å². The Labute approximate surface area is 114 Å². The number of likely N-dealkylation sites (tertiary alicyclic amines) is 1. The van der Waals surface area contributed by atoms with E-state index in [0.717, 1.165) is 19.6 Å². The lowest BCUT2D eigenvalue weighted by Gasteiger charge is -2.30. The first-order valence-electron chi connectivity index (χ1n) is 7.42. The van der Waals surface area contributed by atoms with E-state index in [4.69, 9.17) is 0 Å². The number of halogens is 3. The summed E-state index contributed by atoms with van der Waals surface area (Å²) in [6, 6.07) is 0.501. The van der Waals surface area contributed by atoms with Crippen LogP contribution in [0.15, 0.2) is 0 Å². The predicted octanol–water partition coefficient (Wildman–Crippen LogP) is 3.57. The number of rotatable bonds is 7. The Morgan fingerprint density at radius 3 is 2.26 bits per heavy atom. The van der Waals surface area contributed by atoms with Crippen LogP contribution < -0.4 is 5.32 Å². The van der Waals surface area contributed by atoms with Crippen molar-refractivity contribution in [2.75, 3.05) is 19.6 Å². The minimum atomic E-state index is -4.01. The van der Waals surface area contributed by atoms with Gasteiger partial charge in [0.05, 0.1) is 0 Å². The highest BCUT2D eigenvalue weighted by Gasteiger charge is 2.26. The molecular weight excluding hydrogens is 253 g/mol. The summed E-state index contributed by atoms with van der Waals surface area (Å²) in [7, 11) is 0. The van der Waals surface area contributed by atoms with Gasteiger partial charge in [-0.05, 0) is 52.6 Å². The molecule has 0 aromatic carbocycles. The molecule has 1 fully saturated rings. The van der Waals surface area contributed by atoms with Crippen LogP contribution in [-0.2, 0) is 0 Å². The molecule has 19 heavy (non-hydrogen) atoms. The third kappa shape index (κ3) is 8.47. The van der Waals surface area contributed by atoms with Crippen LogP contribution in [-0.4, -0.2) is 42.8 Å². The Morgan fingerprint density at radius 1 is 1.05 bits per heavy atom. The highest BCUT2D eigenvalue weighted by Crippen LogP contribution is 2.22. The molecule has 114 valence electrons. The lowest BCUT2D eigenvalue weighted by atomic mass is 10.1. The SMILES string of the molecule is CC(CCCC(F)(F)F)NC(C)CN1CCCCC1. The van der Waals surface area contributed by atoms with Crippen LogP contribution in [0.3, 0.4) is 0 Å². The van der Waals surface area contributed by atoms with E-state index in [1.807, 2.05) is 6.92 Å². The molecule has 1 saturated heterocycles. The fraction of sp³-hybridized carbons (Fsp3) is 1.00. The third-order valence-corrected chi connectivity index (χ3v) is 3.65. The predicted molar refractivity (Wildman–Crippen MR) is 72.3 cm³/mol. The van der Waals surface area contributed by atoms with Gasteiger partial charge in [-0.25, -0.2) is 0 Å². The second-order valence-electron chi connectivity index (χ2n) is 5.84. The summed E-state index contributed by atoms with van der Waals surface area (Å²) < 4.78 is 36.2. The fourth-order valence-electron chi connectivity index (χ4n) is 2.76. The monoisotopic (exact) mass is 280 g/mol. The number of hydrogen-bond acceptors (Lipinski definition) is 2. The van der Waals surface area contributed by atoms with Crippen LogP contribution in [0.4, 0.5) is 13.2 Å². The maximum Gasteiger partial charge on any atom is 0.389 e. The number of hydrogen-bond donors (Lipinski definition) is 1. The van der Waals surface area contributed by atoms with Crippen molar-refractivity contribution in [1.29, 1.82) is 0 Å². The Hall–Kier alpha value is -0.290. The van der Waals surface area contributed by atoms with E-state index in [0.29, 0.717) is 12.5 Å². The summed E-state index contributed by atoms with van der Waals surface area (Å²) in [4.78, 5) is 2.45. The molecule has 5 heteroatoms. The Morgan fingerprint density at radius 2 is 1.68 bits per heavy atom. The largest absolute Gasteiger partial charge is 0.389 e. The summed E-state index contributed by atoms with van der Waals surface area (Å²) in [6.07, 6.45) is -0.00944. The molecule has 0 bridgehead atoms. The van der Waals surface area contributed by atoms with Crippen molar-refractivity contribution in [2.24, 2.45) is 0 Å². The minimum absolute atomic E-state index is 0.155. The summed E-state index contributed by atoms with van der Waals surface area (Å²) in [6.45, 7) is 7.42. The molecule has 2 atom stereocenters. The molecule has 1 N–H and O–H groups in total. The maximum atomic E-state index is 12.1. The van der Waals surface area contributed by atoms with E-state index in [2.05, 4.69) is 17.1 Å². The molecule has 0 aromatic heterocycles. The number of nitrogens with zero attached hydrogens (tertiary/aromatic N) is 1. The van der Waals surface area contributed by atoms with Gasteiger partial charge in [-0.2, -0.15) is 13.2 Å². The zero-order chi connectivity index (χ0) is 14.3. The standard InChI is InChI=1S/C14H27F3N2/c1-12(7-6-8-14(15,16)17)18-13(2)11-19-9-4-3-5-10-19/h12-13,18H,3-11H2,1-2H3. The Balaban J connectivity index is 2.11. The molecule has 0 aromatic rings. The molecule has 1 aliphatic rings. The zero-order valence-electron chi connectivity index (χ0n) is 12.1. The molecule has 2 unspecified atom stereocenters. The van der Waals surface area contributed by atoms with Crippen molar-refractivity contribution in [2.45, 2.75) is 70.6 Å². The van der Waals surface area contributed by atoms with Gasteiger partial charge in [-0.3, -0.25) is 0 Å². The van der Waals surface area contributed by atoms with Gasteiger partial charge in [0.25, 0.3) is 0 Å². The summed E-state index contributed by atoms with van der Waals surface area (Å²) in [5, 5.41) is 3.40. The second-order valence-corrected chi connectivity index (χ2v) is 5.84. The van der Waals surface area contributed by atoms with Gasteiger partial charge in [0.15, 0.2) is 0 Å². The third-order valence-electron chi connectivity index (χ3n) is 3.65. The highest BCUT2D eigenvalue weighted by atomic mass is 19.4. The molecule has 0 radical (unpaired) electrons. The van der Waals surface area contributed by atoms with Gasteiger partial charge < -0.3 is 10.2 Å². The van der Waals surface area contributed by atoms with Gasteiger partial charge in [-0.1, -0.05) is 6.42 Å². The van der Waals surface area contributed by atoms with E-state index in [1.54, 1.807) is 0 Å². The van der Waals surface area contributed by atoms with Crippen LogP contribution >= 0.6 is 0 Å². The maximum absolute atomic E-state index is 12.1. The van der Waals surface area contributed by atoms with Crippen LogP contribution in [0, 0.1) is 0 Å². The van der Waals surface area contributed by atoms with Crippen molar-refractivity contribution >= 4 is 0 Å². The molecule has 2 nitrogen and oxygen atoms in total. The summed E-state index contributed by atoms with van der Waals surface area (Å²) >= 11 is 0. The average molecular weight is 280 g/mol. The van der Waals surface area contributed by atoms with Gasteiger partial charge >= 0.3 is 6.18 Å². The van der Waals surface area contributed by atoms with Crippen LogP contribution in [0.25, 0.3) is 0 Å². The second kappa shape index (κ2) is 8.10. The molecule has 1 rings (SSSR count). The van der Waals surface area contributed by atoms with Gasteiger partial charge in [0, 0.05) is 25.0 Å². The lowest BCUT2D eigenvalue weighted by Crippen LogP contribution is -2.44. The number of nitrogens with one attached hydrogen (secondary N) is 1. The Kier molecular flexibility index (Phi) is 7.15. The quantitative estimate of drug-likeness (QED) is 0.767. The highest BCUT2D eigenvalue weighted by molar-refractivity contribution is 4.74. The van der Waals surface area contributed by atoms with Crippen LogP contribution in [0.1, 0.15) is 52.4 Å². The molecule has 1 aliphatic heterocycles. The zero-order valence-corrected chi connectivity index (χ0v) is 12.1. The first-order chi connectivity index (χ1) is 8.87. The van der Waals surface area contributed by atoms with Gasteiger partial charge in [-0.15, -0.1) is 0 Å². The molecule has 0 saturated carbocycles. The topological polar surface area (TPSA) is 15.3 Å². The number of alkyl halides is 3. The minimum Gasteiger partial charge on any atom is -0.311 e. The molecule has 1 heterocycles. The lowest BCUT2D eigenvalue weighted by molar-refractivity contribution is -0.135. The van der Waals surface area contributed by atoms with E-state index in [-0.39, 0.29) is 12.5 Å². The smallest absolute Gasteiger partial charge is 0.311 e. The normalized spacial score (nSPS) is 21.3. The Bertz CT molecular complexity index is 237. The van der Waals surface area contributed by atoms with E-state index in [1.165, 1.54) is 19.3 Å². The van der Waals surface area contributed by atoms with Crippen molar-refractivity contribution in [3.63, 3.8) is 0 Å². The summed E-state index contributed by atoms with van der Waals surface area (Å²) in [5.41, 5.74) is 0. The first kappa shape index (κ1) is 16.8. The van der Waals surface area contributed by atoms with E-state index < -0.39 is 12.6 Å². The first-order valence-corrected chi connectivity index (χ1v) is 7.42.